The summed E-state index contributed by atoms with van der Waals surface area (Å²) in [5.41, 5.74) is 1.55. The number of aliphatic carboxylic acids is 1. The first-order chi connectivity index (χ1) is 8.02. The molecule has 0 aliphatic carbocycles. The highest BCUT2D eigenvalue weighted by atomic mass is 16.7. The second-order valence-electron chi connectivity index (χ2n) is 2.96. The van der Waals surface area contributed by atoms with Crippen molar-refractivity contribution < 1.29 is 29.4 Å². The number of rotatable bonds is 5. The number of nitrogens with one attached hydrogen (secondary N) is 1. The second-order valence-corrected chi connectivity index (χ2v) is 2.96. The molecule has 0 radical (unpaired) electrons. The minimum absolute atomic E-state index is 0.106. The topological polar surface area (TPSA) is 113 Å². The van der Waals surface area contributed by atoms with E-state index in [4.69, 9.17) is 10.2 Å². The minimum atomic E-state index is -1.26. The Morgan fingerprint density at radius 2 is 1.71 bits per heavy atom. The van der Waals surface area contributed by atoms with Crippen molar-refractivity contribution in [2.24, 2.45) is 0 Å². The lowest BCUT2D eigenvalue weighted by Gasteiger charge is -2.06. The second kappa shape index (κ2) is 5.61. The van der Waals surface area contributed by atoms with Crippen LogP contribution >= 0.6 is 0 Å². The number of benzene rings is 1. The zero-order valence-corrected chi connectivity index (χ0v) is 8.54. The molecular weight excluding hydrogens is 230 g/mol. The molecule has 3 N–H and O–H groups in total. The third-order valence-corrected chi connectivity index (χ3v) is 1.76. The third kappa shape index (κ3) is 3.58. The van der Waals surface area contributed by atoms with E-state index in [0.717, 1.165) is 0 Å². The van der Waals surface area contributed by atoms with E-state index >= 15 is 0 Å². The zero-order chi connectivity index (χ0) is 12.8. The molecule has 0 fully saturated rings. The molecule has 1 rings (SSSR count). The van der Waals surface area contributed by atoms with Gasteiger partial charge >= 0.3 is 11.9 Å². The highest BCUT2D eigenvalue weighted by molar-refractivity contribution is 6.04. The predicted molar refractivity (Wildman–Crippen MR) is 54.5 cm³/mol. The van der Waals surface area contributed by atoms with Gasteiger partial charge in [-0.3, -0.25) is 9.63 Å². The minimum Gasteiger partial charge on any atom is -0.479 e. The van der Waals surface area contributed by atoms with E-state index in [1.165, 1.54) is 24.3 Å². The third-order valence-electron chi connectivity index (χ3n) is 1.76. The molecular formula is C10H9NO6. The lowest BCUT2D eigenvalue weighted by Crippen LogP contribution is -2.28. The van der Waals surface area contributed by atoms with Gasteiger partial charge in [-0.05, 0) is 12.1 Å². The summed E-state index contributed by atoms with van der Waals surface area (Å²) < 4.78 is 0. The van der Waals surface area contributed by atoms with Crippen molar-refractivity contribution in [3.63, 3.8) is 0 Å². The number of carbonyl (C=O) groups excluding carboxylic acids is 1. The van der Waals surface area contributed by atoms with Crippen LogP contribution in [0.4, 0.5) is 0 Å². The van der Waals surface area contributed by atoms with Crippen molar-refractivity contribution >= 4 is 17.8 Å². The van der Waals surface area contributed by atoms with E-state index in [0.29, 0.717) is 0 Å². The van der Waals surface area contributed by atoms with E-state index in [1.54, 1.807) is 0 Å². The molecule has 0 unspecified atom stereocenters. The number of carbonyl (C=O) groups is 3. The monoisotopic (exact) mass is 239 g/mol. The number of carboxylic acids is 2. The highest BCUT2D eigenvalue weighted by Crippen LogP contribution is 2.08. The Morgan fingerprint density at radius 1 is 1.12 bits per heavy atom. The lowest BCUT2D eigenvalue weighted by atomic mass is 10.1. The van der Waals surface area contributed by atoms with E-state index in [2.05, 4.69) is 4.84 Å². The molecule has 7 nitrogen and oxygen atoms in total. The summed E-state index contributed by atoms with van der Waals surface area (Å²) in [4.78, 5) is 36.7. The molecule has 0 spiro atoms. The average molecular weight is 239 g/mol. The van der Waals surface area contributed by atoms with Crippen molar-refractivity contribution in [1.29, 1.82) is 0 Å². The quantitative estimate of drug-likeness (QED) is 0.629. The molecule has 0 atom stereocenters. The Bertz CT molecular complexity index is 456. The van der Waals surface area contributed by atoms with Gasteiger partial charge in [0, 0.05) is 0 Å². The molecule has 0 bridgehead atoms. The van der Waals surface area contributed by atoms with Crippen LogP contribution in [-0.2, 0) is 9.63 Å². The van der Waals surface area contributed by atoms with Crippen LogP contribution in [-0.4, -0.2) is 34.7 Å². The summed E-state index contributed by atoms with van der Waals surface area (Å²) in [7, 11) is 0. The van der Waals surface area contributed by atoms with Gasteiger partial charge in [0.2, 0.25) is 0 Å². The van der Waals surface area contributed by atoms with Gasteiger partial charge in [-0.2, -0.15) is 0 Å². The first-order valence-corrected chi connectivity index (χ1v) is 4.48. The molecule has 1 aromatic carbocycles. The normalized spacial score (nSPS) is 9.65. The standard InChI is InChI=1S/C10H9NO6/c12-8(13)5-17-11-9(14)6-3-1-2-4-7(6)10(15)16/h1-4H,5H2,(H,11,14)(H,12,13)(H,15,16). The number of hydroxylamine groups is 1. The summed E-state index contributed by atoms with van der Waals surface area (Å²) in [6.45, 7) is -0.707. The molecule has 90 valence electrons. The Balaban J connectivity index is 2.75. The molecule has 1 aromatic rings. The zero-order valence-electron chi connectivity index (χ0n) is 8.54. The van der Waals surface area contributed by atoms with Gasteiger partial charge in [0.1, 0.15) is 0 Å². The predicted octanol–water partition coefficient (Wildman–Crippen LogP) is 0.131. The highest BCUT2D eigenvalue weighted by Gasteiger charge is 2.15. The molecule has 1 amide bonds. The Morgan fingerprint density at radius 3 is 2.24 bits per heavy atom. The van der Waals surface area contributed by atoms with Gasteiger partial charge in [-0.25, -0.2) is 15.1 Å². The van der Waals surface area contributed by atoms with Crippen molar-refractivity contribution in [2.45, 2.75) is 0 Å². The molecule has 0 saturated heterocycles. The molecule has 0 aliphatic rings. The van der Waals surface area contributed by atoms with Gasteiger partial charge in [0.15, 0.2) is 6.61 Å². The number of amides is 1. The van der Waals surface area contributed by atoms with Gasteiger partial charge in [0.05, 0.1) is 11.1 Å². The number of carboxylic acid groups (broad SMARTS) is 2. The van der Waals surface area contributed by atoms with Crippen LogP contribution in [0.2, 0.25) is 0 Å². The van der Waals surface area contributed by atoms with E-state index in [1.807, 2.05) is 5.48 Å². The van der Waals surface area contributed by atoms with Crippen LogP contribution in [0.25, 0.3) is 0 Å². The first-order valence-electron chi connectivity index (χ1n) is 4.48. The number of hydrogen-bond acceptors (Lipinski definition) is 4. The Kier molecular flexibility index (Phi) is 4.18. The maximum absolute atomic E-state index is 11.5. The lowest BCUT2D eigenvalue weighted by molar-refractivity contribution is -0.144. The molecule has 0 heterocycles. The summed E-state index contributed by atoms with van der Waals surface area (Å²) >= 11 is 0. The van der Waals surface area contributed by atoms with Crippen molar-refractivity contribution in [2.75, 3.05) is 6.61 Å². The Labute approximate surface area is 95.6 Å². The maximum Gasteiger partial charge on any atom is 0.336 e. The Hall–Kier alpha value is -2.41. The number of aromatic carboxylic acids is 1. The van der Waals surface area contributed by atoms with Crippen LogP contribution in [0.3, 0.4) is 0 Å². The maximum atomic E-state index is 11.5. The van der Waals surface area contributed by atoms with E-state index in [-0.39, 0.29) is 11.1 Å². The molecule has 0 saturated carbocycles. The first kappa shape index (κ1) is 12.7. The fourth-order valence-electron chi connectivity index (χ4n) is 1.09. The van der Waals surface area contributed by atoms with Gasteiger partial charge in [0.25, 0.3) is 5.91 Å². The molecule has 0 aliphatic heterocycles. The van der Waals surface area contributed by atoms with Crippen molar-refractivity contribution in [3.8, 4) is 0 Å². The molecule has 0 aromatic heterocycles. The van der Waals surface area contributed by atoms with E-state index in [9.17, 15) is 14.4 Å². The van der Waals surface area contributed by atoms with Crippen molar-refractivity contribution in [3.05, 3.63) is 35.4 Å². The fourth-order valence-corrected chi connectivity index (χ4v) is 1.09. The van der Waals surface area contributed by atoms with Crippen LogP contribution in [0.5, 0.6) is 0 Å². The molecule has 17 heavy (non-hydrogen) atoms. The summed E-state index contributed by atoms with van der Waals surface area (Å²) in [6, 6.07) is 5.51. The van der Waals surface area contributed by atoms with Crippen LogP contribution < -0.4 is 5.48 Å². The summed E-state index contributed by atoms with van der Waals surface area (Å²) in [6.07, 6.45) is 0. The van der Waals surface area contributed by atoms with Gasteiger partial charge in [-0.1, -0.05) is 12.1 Å². The fraction of sp³-hybridized carbons (Fsp3) is 0.100. The van der Waals surface area contributed by atoms with Crippen molar-refractivity contribution in [1.82, 2.24) is 5.48 Å². The summed E-state index contributed by atoms with van der Waals surface area (Å²) in [5.74, 6) is -3.32. The van der Waals surface area contributed by atoms with Crippen LogP contribution in [0.1, 0.15) is 20.7 Å². The average Bonchev–Trinajstić information content (AvgIpc) is 2.28. The van der Waals surface area contributed by atoms with Crippen LogP contribution in [0.15, 0.2) is 24.3 Å². The van der Waals surface area contributed by atoms with Gasteiger partial charge < -0.3 is 10.2 Å². The van der Waals surface area contributed by atoms with Crippen LogP contribution in [0, 0.1) is 0 Å². The summed E-state index contributed by atoms with van der Waals surface area (Å²) in [5, 5.41) is 17.1. The molecule has 7 heteroatoms. The van der Waals surface area contributed by atoms with Gasteiger partial charge in [-0.15, -0.1) is 0 Å². The van der Waals surface area contributed by atoms with E-state index < -0.39 is 24.5 Å². The number of hydrogen-bond donors (Lipinski definition) is 3. The smallest absolute Gasteiger partial charge is 0.336 e. The largest absolute Gasteiger partial charge is 0.479 e. The SMILES string of the molecule is O=C(O)CONC(=O)c1ccccc1C(=O)O.